The highest BCUT2D eigenvalue weighted by atomic mass is 16.6. The van der Waals surface area contributed by atoms with Crippen LogP contribution < -0.4 is 5.32 Å². The van der Waals surface area contributed by atoms with Crippen LogP contribution in [0.2, 0.25) is 0 Å². The van der Waals surface area contributed by atoms with Crippen LogP contribution in [0.25, 0.3) is 0 Å². The molecule has 0 aromatic heterocycles. The Bertz CT molecular complexity index is 517. The average molecular weight is 293 g/mol. The lowest BCUT2D eigenvalue weighted by atomic mass is 9.94. The zero-order valence-electron chi connectivity index (χ0n) is 12.6. The minimum atomic E-state index is -0.669. The topological polar surface area (TPSA) is 78.6 Å². The van der Waals surface area contributed by atoms with E-state index < -0.39 is 5.60 Å². The second-order valence-corrected chi connectivity index (χ2v) is 5.94. The summed E-state index contributed by atoms with van der Waals surface area (Å²) in [5.74, 6) is 0. The highest BCUT2D eigenvalue weighted by Gasteiger charge is 2.28. The SMILES string of the molecule is CCNc1ccc([N+](=O)[O-])cc1CN1CCCC(C)(O)C1. The fourth-order valence-corrected chi connectivity index (χ4v) is 2.89. The number of piperidine rings is 1. The Balaban J connectivity index is 2.20. The summed E-state index contributed by atoms with van der Waals surface area (Å²) in [6.07, 6.45) is 1.75. The van der Waals surface area contributed by atoms with Crippen molar-refractivity contribution in [2.45, 2.75) is 38.8 Å². The van der Waals surface area contributed by atoms with E-state index in [1.54, 1.807) is 12.1 Å². The van der Waals surface area contributed by atoms with Crippen molar-refractivity contribution in [2.75, 3.05) is 25.0 Å². The van der Waals surface area contributed by atoms with Gasteiger partial charge in [0, 0.05) is 37.5 Å². The lowest BCUT2D eigenvalue weighted by Crippen LogP contribution is -2.45. The molecule has 2 rings (SSSR count). The molecule has 0 radical (unpaired) electrons. The molecule has 0 bridgehead atoms. The lowest BCUT2D eigenvalue weighted by molar-refractivity contribution is -0.384. The average Bonchev–Trinajstić information content (AvgIpc) is 2.39. The summed E-state index contributed by atoms with van der Waals surface area (Å²) >= 11 is 0. The van der Waals surface area contributed by atoms with Gasteiger partial charge in [-0.1, -0.05) is 0 Å². The van der Waals surface area contributed by atoms with Gasteiger partial charge in [0.05, 0.1) is 10.5 Å². The predicted molar refractivity (Wildman–Crippen MR) is 82.4 cm³/mol. The Hall–Kier alpha value is -1.66. The van der Waals surface area contributed by atoms with E-state index in [2.05, 4.69) is 10.2 Å². The third-order valence-corrected chi connectivity index (χ3v) is 3.81. The summed E-state index contributed by atoms with van der Waals surface area (Å²) in [5, 5.41) is 24.4. The fourth-order valence-electron chi connectivity index (χ4n) is 2.89. The molecule has 2 N–H and O–H groups in total. The van der Waals surface area contributed by atoms with Crippen molar-refractivity contribution < 1.29 is 10.0 Å². The molecule has 6 heteroatoms. The first kappa shape index (κ1) is 15.7. The Labute approximate surface area is 124 Å². The zero-order valence-corrected chi connectivity index (χ0v) is 12.6. The molecular formula is C15H23N3O3. The van der Waals surface area contributed by atoms with Crippen LogP contribution in [-0.4, -0.2) is 40.2 Å². The van der Waals surface area contributed by atoms with Crippen LogP contribution in [-0.2, 0) is 6.54 Å². The molecule has 21 heavy (non-hydrogen) atoms. The van der Waals surface area contributed by atoms with Gasteiger partial charge in [-0.25, -0.2) is 0 Å². The van der Waals surface area contributed by atoms with E-state index in [1.165, 1.54) is 6.07 Å². The third kappa shape index (κ3) is 4.15. The van der Waals surface area contributed by atoms with Crippen LogP contribution >= 0.6 is 0 Å². The molecule has 1 aliphatic heterocycles. The normalized spacial score (nSPS) is 23.0. The van der Waals surface area contributed by atoms with E-state index in [1.807, 2.05) is 13.8 Å². The second-order valence-electron chi connectivity index (χ2n) is 5.94. The number of hydrogen-bond acceptors (Lipinski definition) is 5. The summed E-state index contributed by atoms with van der Waals surface area (Å²) in [7, 11) is 0. The fraction of sp³-hybridized carbons (Fsp3) is 0.600. The van der Waals surface area contributed by atoms with Gasteiger partial charge in [0.2, 0.25) is 0 Å². The van der Waals surface area contributed by atoms with Gasteiger partial charge in [-0.3, -0.25) is 15.0 Å². The van der Waals surface area contributed by atoms with Gasteiger partial charge in [0.25, 0.3) is 5.69 Å². The van der Waals surface area contributed by atoms with E-state index in [-0.39, 0.29) is 10.6 Å². The molecule has 1 atom stereocenters. The van der Waals surface area contributed by atoms with Crippen LogP contribution in [0, 0.1) is 10.1 Å². The first-order valence-electron chi connectivity index (χ1n) is 7.37. The maximum atomic E-state index is 10.9. The maximum Gasteiger partial charge on any atom is 0.269 e. The van der Waals surface area contributed by atoms with Crippen LogP contribution in [0.15, 0.2) is 18.2 Å². The molecule has 1 fully saturated rings. The third-order valence-electron chi connectivity index (χ3n) is 3.81. The number of nitrogens with one attached hydrogen (secondary N) is 1. The number of nitro groups is 1. The van der Waals surface area contributed by atoms with Gasteiger partial charge in [-0.2, -0.15) is 0 Å². The Morgan fingerprint density at radius 3 is 2.90 bits per heavy atom. The first-order chi connectivity index (χ1) is 9.91. The maximum absolute atomic E-state index is 10.9. The summed E-state index contributed by atoms with van der Waals surface area (Å²) in [4.78, 5) is 12.7. The van der Waals surface area contributed by atoms with E-state index in [0.717, 1.165) is 37.2 Å². The van der Waals surface area contributed by atoms with Crippen molar-refractivity contribution in [3.05, 3.63) is 33.9 Å². The van der Waals surface area contributed by atoms with Crippen molar-refractivity contribution in [1.29, 1.82) is 0 Å². The standard InChI is InChI=1S/C15H23N3O3/c1-3-16-14-6-5-13(18(20)21)9-12(14)10-17-8-4-7-15(2,19)11-17/h5-6,9,16,19H,3-4,7-8,10-11H2,1-2H3. The van der Waals surface area contributed by atoms with E-state index >= 15 is 0 Å². The first-order valence-corrected chi connectivity index (χ1v) is 7.37. The van der Waals surface area contributed by atoms with Crippen LogP contribution in [0.1, 0.15) is 32.3 Å². The van der Waals surface area contributed by atoms with E-state index in [9.17, 15) is 15.2 Å². The molecule has 0 aliphatic carbocycles. The van der Waals surface area contributed by atoms with Crippen molar-refractivity contribution >= 4 is 11.4 Å². The van der Waals surface area contributed by atoms with Crippen LogP contribution in [0.5, 0.6) is 0 Å². The molecule has 1 aromatic rings. The van der Waals surface area contributed by atoms with Crippen molar-refractivity contribution in [2.24, 2.45) is 0 Å². The Morgan fingerprint density at radius 1 is 1.52 bits per heavy atom. The number of nitro benzene ring substituents is 1. The van der Waals surface area contributed by atoms with Crippen LogP contribution in [0.3, 0.4) is 0 Å². The molecule has 1 saturated heterocycles. The number of rotatable bonds is 5. The number of anilines is 1. The molecular weight excluding hydrogens is 270 g/mol. The summed E-state index contributed by atoms with van der Waals surface area (Å²) in [6, 6.07) is 4.91. The number of aliphatic hydroxyl groups is 1. The largest absolute Gasteiger partial charge is 0.389 e. The number of hydrogen-bond donors (Lipinski definition) is 2. The zero-order chi connectivity index (χ0) is 15.5. The molecule has 0 spiro atoms. The van der Waals surface area contributed by atoms with Crippen molar-refractivity contribution in [1.82, 2.24) is 4.90 Å². The molecule has 1 unspecified atom stereocenters. The number of nitrogens with zero attached hydrogens (tertiary/aromatic N) is 2. The summed E-state index contributed by atoms with van der Waals surface area (Å²) in [6.45, 7) is 6.73. The van der Waals surface area contributed by atoms with Gasteiger partial charge < -0.3 is 10.4 Å². The van der Waals surface area contributed by atoms with Gasteiger partial charge in [0.15, 0.2) is 0 Å². The molecule has 1 aromatic carbocycles. The molecule has 1 aliphatic rings. The number of likely N-dealkylation sites (tertiary alicyclic amines) is 1. The molecule has 0 amide bonds. The Kier molecular flexibility index (Phi) is 4.80. The summed E-state index contributed by atoms with van der Waals surface area (Å²) in [5.41, 5.74) is 1.27. The summed E-state index contributed by atoms with van der Waals surface area (Å²) < 4.78 is 0. The highest BCUT2D eigenvalue weighted by Crippen LogP contribution is 2.27. The number of β-amino-alcohol motifs (C(OH)–C–C–N with tert-alkyl or cyclic N) is 1. The lowest BCUT2D eigenvalue weighted by Gasteiger charge is -2.37. The number of benzene rings is 1. The minimum absolute atomic E-state index is 0.107. The van der Waals surface area contributed by atoms with Gasteiger partial charge in [-0.05, 0) is 44.9 Å². The number of non-ortho nitro benzene ring substituents is 1. The quantitative estimate of drug-likeness (QED) is 0.643. The van der Waals surface area contributed by atoms with Crippen molar-refractivity contribution in [3.63, 3.8) is 0 Å². The monoisotopic (exact) mass is 293 g/mol. The van der Waals surface area contributed by atoms with Gasteiger partial charge >= 0.3 is 0 Å². The second kappa shape index (κ2) is 6.41. The predicted octanol–water partition coefficient (Wildman–Crippen LogP) is 2.37. The van der Waals surface area contributed by atoms with E-state index in [0.29, 0.717) is 13.1 Å². The van der Waals surface area contributed by atoms with E-state index in [4.69, 9.17) is 0 Å². The smallest absolute Gasteiger partial charge is 0.269 e. The molecule has 1 heterocycles. The van der Waals surface area contributed by atoms with Crippen molar-refractivity contribution in [3.8, 4) is 0 Å². The molecule has 6 nitrogen and oxygen atoms in total. The van der Waals surface area contributed by atoms with Gasteiger partial charge in [-0.15, -0.1) is 0 Å². The van der Waals surface area contributed by atoms with Crippen LogP contribution in [0.4, 0.5) is 11.4 Å². The van der Waals surface area contributed by atoms with Gasteiger partial charge in [0.1, 0.15) is 0 Å². The Morgan fingerprint density at radius 2 is 2.29 bits per heavy atom. The molecule has 116 valence electrons. The highest BCUT2D eigenvalue weighted by molar-refractivity contribution is 5.56. The minimum Gasteiger partial charge on any atom is -0.389 e. The molecule has 0 saturated carbocycles.